The van der Waals surface area contributed by atoms with E-state index in [-0.39, 0.29) is 18.2 Å². The highest BCUT2D eigenvalue weighted by molar-refractivity contribution is 7.10. The zero-order chi connectivity index (χ0) is 21.8. The number of nitrogens with zero attached hydrogens (tertiary/aromatic N) is 3. The SMILES string of the molecule is O=C(CCc1nc(-c2cccnc2)no1)NCC(c1cccs1)c1c[nH]c2ccccc12. The maximum absolute atomic E-state index is 12.6. The summed E-state index contributed by atoms with van der Waals surface area (Å²) >= 11 is 1.70. The van der Waals surface area contributed by atoms with Gasteiger partial charge in [-0.1, -0.05) is 29.4 Å². The van der Waals surface area contributed by atoms with Crippen LogP contribution in [0, 0.1) is 0 Å². The summed E-state index contributed by atoms with van der Waals surface area (Å²) in [7, 11) is 0. The molecule has 0 spiro atoms. The van der Waals surface area contributed by atoms with E-state index in [1.807, 2.05) is 36.5 Å². The second-order valence-electron chi connectivity index (χ2n) is 7.42. The largest absolute Gasteiger partial charge is 0.361 e. The molecule has 2 N–H and O–H groups in total. The Bertz CT molecular complexity index is 1310. The van der Waals surface area contributed by atoms with E-state index in [0.29, 0.717) is 24.7 Å². The molecule has 4 aromatic heterocycles. The number of hydrogen-bond acceptors (Lipinski definition) is 6. The molecule has 1 unspecified atom stereocenters. The van der Waals surface area contributed by atoms with Crippen LogP contribution in [-0.4, -0.2) is 32.6 Å². The monoisotopic (exact) mass is 443 g/mol. The van der Waals surface area contributed by atoms with Gasteiger partial charge in [-0.05, 0) is 35.2 Å². The average molecular weight is 444 g/mol. The van der Waals surface area contributed by atoms with Gasteiger partial charge in [-0.25, -0.2) is 0 Å². The molecule has 0 aliphatic carbocycles. The van der Waals surface area contributed by atoms with Crippen molar-refractivity contribution in [1.29, 1.82) is 0 Å². The lowest BCUT2D eigenvalue weighted by atomic mass is 9.96. The van der Waals surface area contributed by atoms with E-state index in [0.717, 1.165) is 11.1 Å². The first-order valence-electron chi connectivity index (χ1n) is 10.4. The minimum atomic E-state index is -0.0486. The molecule has 32 heavy (non-hydrogen) atoms. The van der Waals surface area contributed by atoms with Gasteiger partial charge >= 0.3 is 0 Å². The highest BCUT2D eigenvalue weighted by atomic mass is 32.1. The molecular formula is C24H21N5O2S. The molecule has 0 radical (unpaired) electrons. The summed E-state index contributed by atoms with van der Waals surface area (Å²) in [6, 6.07) is 16.1. The molecule has 5 rings (SSSR count). The van der Waals surface area contributed by atoms with E-state index in [1.165, 1.54) is 15.8 Å². The third-order valence-electron chi connectivity index (χ3n) is 5.34. The van der Waals surface area contributed by atoms with Crippen LogP contribution in [0.2, 0.25) is 0 Å². The van der Waals surface area contributed by atoms with Crippen molar-refractivity contribution in [2.45, 2.75) is 18.8 Å². The van der Waals surface area contributed by atoms with Gasteiger partial charge in [0.05, 0.1) is 0 Å². The van der Waals surface area contributed by atoms with Gasteiger partial charge in [0.1, 0.15) is 0 Å². The highest BCUT2D eigenvalue weighted by Crippen LogP contribution is 2.32. The number of H-pyrrole nitrogens is 1. The summed E-state index contributed by atoms with van der Waals surface area (Å²) in [5, 5.41) is 10.3. The molecule has 0 fully saturated rings. The van der Waals surface area contributed by atoms with Gasteiger partial charge in [0, 0.05) is 65.2 Å². The first kappa shape index (κ1) is 20.1. The number of amides is 1. The van der Waals surface area contributed by atoms with Gasteiger partial charge in [0.25, 0.3) is 0 Å². The Morgan fingerprint density at radius 2 is 2.09 bits per heavy atom. The number of rotatable bonds is 8. The zero-order valence-electron chi connectivity index (χ0n) is 17.2. The van der Waals surface area contributed by atoms with Gasteiger partial charge < -0.3 is 14.8 Å². The van der Waals surface area contributed by atoms with Crippen LogP contribution in [-0.2, 0) is 11.2 Å². The van der Waals surface area contributed by atoms with Crippen molar-refractivity contribution in [3.63, 3.8) is 0 Å². The van der Waals surface area contributed by atoms with E-state index in [2.05, 4.69) is 49.0 Å². The van der Waals surface area contributed by atoms with Gasteiger partial charge in [0.2, 0.25) is 17.6 Å². The van der Waals surface area contributed by atoms with Crippen molar-refractivity contribution in [2.75, 3.05) is 6.54 Å². The van der Waals surface area contributed by atoms with Crippen LogP contribution < -0.4 is 5.32 Å². The van der Waals surface area contributed by atoms with Crippen molar-refractivity contribution in [2.24, 2.45) is 0 Å². The van der Waals surface area contributed by atoms with Crippen LogP contribution in [0.25, 0.3) is 22.3 Å². The number of fused-ring (bicyclic) bond motifs is 1. The maximum atomic E-state index is 12.6. The fourth-order valence-corrected chi connectivity index (χ4v) is 4.58. The summed E-state index contributed by atoms with van der Waals surface area (Å²) in [5.41, 5.74) is 3.06. The van der Waals surface area contributed by atoms with Gasteiger partial charge in [-0.2, -0.15) is 4.98 Å². The molecular weight excluding hydrogens is 422 g/mol. The van der Waals surface area contributed by atoms with E-state index in [4.69, 9.17) is 4.52 Å². The van der Waals surface area contributed by atoms with E-state index in [9.17, 15) is 4.79 Å². The van der Waals surface area contributed by atoms with Crippen molar-refractivity contribution in [1.82, 2.24) is 25.4 Å². The molecule has 8 heteroatoms. The number of aryl methyl sites for hydroxylation is 1. The highest BCUT2D eigenvalue weighted by Gasteiger charge is 2.20. The molecule has 1 amide bonds. The predicted molar refractivity (Wildman–Crippen MR) is 123 cm³/mol. The first-order chi connectivity index (χ1) is 15.8. The second kappa shape index (κ2) is 9.15. The standard InChI is InChI=1S/C24H21N5O2S/c30-22(9-10-23-28-24(29-31-23)16-5-3-11-25-13-16)27-15-19(21-8-4-12-32-21)18-14-26-20-7-2-1-6-17(18)20/h1-8,11-14,19,26H,9-10,15H2,(H,27,30). The van der Waals surface area contributed by atoms with Crippen LogP contribution in [0.5, 0.6) is 0 Å². The molecule has 0 saturated heterocycles. The molecule has 160 valence electrons. The molecule has 1 aromatic carbocycles. The number of nitrogens with one attached hydrogen (secondary N) is 2. The molecule has 4 heterocycles. The number of thiophene rings is 1. The van der Waals surface area contributed by atoms with E-state index >= 15 is 0 Å². The number of para-hydroxylation sites is 1. The summed E-state index contributed by atoms with van der Waals surface area (Å²) in [6.45, 7) is 0.520. The Hall–Kier alpha value is -3.78. The summed E-state index contributed by atoms with van der Waals surface area (Å²) in [4.78, 5) is 25.6. The molecule has 5 aromatic rings. The van der Waals surface area contributed by atoms with E-state index < -0.39 is 0 Å². The summed E-state index contributed by atoms with van der Waals surface area (Å²) < 4.78 is 5.29. The van der Waals surface area contributed by atoms with Gasteiger partial charge in [0.15, 0.2) is 0 Å². The number of aromatic amines is 1. The smallest absolute Gasteiger partial charge is 0.227 e. The molecule has 0 bridgehead atoms. The predicted octanol–water partition coefficient (Wildman–Crippen LogP) is 4.56. The Morgan fingerprint density at radius 1 is 1.16 bits per heavy atom. The third-order valence-corrected chi connectivity index (χ3v) is 6.33. The van der Waals surface area contributed by atoms with Crippen molar-refractivity contribution < 1.29 is 9.32 Å². The van der Waals surface area contributed by atoms with E-state index in [1.54, 1.807) is 23.7 Å². The lowest BCUT2D eigenvalue weighted by Gasteiger charge is -2.16. The fraction of sp³-hybridized carbons (Fsp3) is 0.167. The zero-order valence-corrected chi connectivity index (χ0v) is 18.0. The van der Waals surface area contributed by atoms with Crippen molar-refractivity contribution >= 4 is 28.1 Å². The maximum Gasteiger partial charge on any atom is 0.227 e. The summed E-state index contributed by atoms with van der Waals surface area (Å²) in [6.07, 6.45) is 6.07. The molecule has 0 aliphatic heterocycles. The van der Waals surface area contributed by atoms with Gasteiger partial charge in [-0.3, -0.25) is 9.78 Å². The number of aromatic nitrogens is 4. The quantitative estimate of drug-likeness (QED) is 0.367. The Morgan fingerprint density at radius 3 is 2.94 bits per heavy atom. The van der Waals surface area contributed by atoms with Crippen LogP contribution >= 0.6 is 11.3 Å². The fourth-order valence-electron chi connectivity index (χ4n) is 3.73. The average Bonchev–Trinajstić information content (AvgIpc) is 3.60. The van der Waals surface area contributed by atoms with Crippen molar-refractivity contribution in [3.05, 3.63) is 88.8 Å². The first-order valence-corrected chi connectivity index (χ1v) is 11.2. The van der Waals surface area contributed by atoms with Gasteiger partial charge in [-0.15, -0.1) is 11.3 Å². The Kier molecular flexibility index (Phi) is 5.76. The minimum absolute atomic E-state index is 0.0486. The Balaban J connectivity index is 1.23. The van der Waals surface area contributed by atoms with Crippen LogP contribution in [0.3, 0.4) is 0 Å². The van der Waals surface area contributed by atoms with Crippen LogP contribution in [0.4, 0.5) is 0 Å². The van der Waals surface area contributed by atoms with Crippen LogP contribution in [0.15, 0.2) is 77.0 Å². The Labute approximate surface area is 188 Å². The second-order valence-corrected chi connectivity index (χ2v) is 8.39. The summed E-state index contributed by atoms with van der Waals surface area (Å²) in [5.74, 6) is 0.944. The molecule has 1 atom stereocenters. The number of pyridine rings is 1. The molecule has 0 aliphatic rings. The molecule has 7 nitrogen and oxygen atoms in total. The number of benzene rings is 1. The topological polar surface area (TPSA) is 96.7 Å². The number of carbonyl (C=O) groups is 1. The number of hydrogen-bond donors (Lipinski definition) is 2. The third kappa shape index (κ3) is 4.31. The van der Waals surface area contributed by atoms with Crippen LogP contribution in [0.1, 0.15) is 28.7 Å². The molecule has 0 saturated carbocycles. The minimum Gasteiger partial charge on any atom is -0.361 e. The lowest BCUT2D eigenvalue weighted by Crippen LogP contribution is -2.28. The van der Waals surface area contributed by atoms with Crippen molar-refractivity contribution in [3.8, 4) is 11.4 Å². The normalized spacial score (nSPS) is 12.1. The number of carbonyl (C=O) groups excluding carboxylic acids is 1. The lowest BCUT2D eigenvalue weighted by molar-refractivity contribution is -0.121.